The van der Waals surface area contributed by atoms with Crippen molar-refractivity contribution >= 4 is 16.6 Å². The molecule has 0 amide bonds. The molecule has 0 unspecified atom stereocenters. The molecule has 0 bridgehead atoms. The van der Waals surface area contributed by atoms with Crippen LogP contribution in [0.4, 0.5) is 5.82 Å². The van der Waals surface area contributed by atoms with Crippen molar-refractivity contribution in [2.75, 3.05) is 12.8 Å². The van der Waals surface area contributed by atoms with Gasteiger partial charge in [0.1, 0.15) is 11.4 Å². The van der Waals surface area contributed by atoms with Gasteiger partial charge in [0.15, 0.2) is 5.82 Å². The van der Waals surface area contributed by atoms with Gasteiger partial charge in [-0.05, 0) is 12.1 Å². The number of aromatic nitrogens is 2. The summed E-state index contributed by atoms with van der Waals surface area (Å²) in [7, 11) is 1.64. The van der Waals surface area contributed by atoms with Gasteiger partial charge in [0.05, 0.1) is 7.11 Å². The summed E-state index contributed by atoms with van der Waals surface area (Å²) in [6.07, 6.45) is 0. The Bertz CT molecular complexity index is 740. The predicted octanol–water partition coefficient (Wildman–Crippen LogP) is 2.89. The van der Waals surface area contributed by atoms with E-state index in [0.717, 1.165) is 27.8 Å². The molecule has 94 valence electrons. The maximum atomic E-state index is 5.86. The fraction of sp³-hybridized carbons (Fsp3) is 0.0667. The van der Waals surface area contributed by atoms with Crippen LogP contribution < -0.4 is 10.5 Å². The third-order valence-corrected chi connectivity index (χ3v) is 3.06. The SMILES string of the molecule is COc1cccc(-c2nnc(N)c3ccccc23)c1. The highest BCUT2D eigenvalue weighted by Gasteiger charge is 2.09. The fourth-order valence-corrected chi connectivity index (χ4v) is 2.11. The summed E-state index contributed by atoms with van der Waals surface area (Å²) in [4.78, 5) is 0. The Kier molecular flexibility index (Phi) is 2.76. The van der Waals surface area contributed by atoms with E-state index in [9.17, 15) is 0 Å². The third-order valence-electron chi connectivity index (χ3n) is 3.06. The number of hydrogen-bond donors (Lipinski definition) is 1. The van der Waals surface area contributed by atoms with Crippen LogP contribution >= 0.6 is 0 Å². The zero-order valence-corrected chi connectivity index (χ0v) is 10.5. The summed E-state index contributed by atoms with van der Waals surface area (Å²) in [6.45, 7) is 0. The van der Waals surface area contributed by atoms with Crippen molar-refractivity contribution in [2.45, 2.75) is 0 Å². The van der Waals surface area contributed by atoms with Crippen molar-refractivity contribution < 1.29 is 4.74 Å². The van der Waals surface area contributed by atoms with Gasteiger partial charge in [-0.3, -0.25) is 0 Å². The first-order valence-corrected chi connectivity index (χ1v) is 5.95. The summed E-state index contributed by atoms with van der Waals surface area (Å²) in [5.41, 5.74) is 7.63. The molecule has 2 N–H and O–H groups in total. The molecule has 0 spiro atoms. The molecule has 1 aromatic heterocycles. The highest BCUT2D eigenvalue weighted by molar-refractivity contribution is 5.99. The maximum Gasteiger partial charge on any atom is 0.154 e. The molecule has 3 aromatic rings. The van der Waals surface area contributed by atoms with Gasteiger partial charge in [0.25, 0.3) is 0 Å². The van der Waals surface area contributed by atoms with Crippen LogP contribution in [0, 0.1) is 0 Å². The standard InChI is InChI=1S/C15H13N3O/c1-19-11-6-4-5-10(9-11)14-12-7-2-3-8-13(12)15(16)18-17-14/h2-9H,1H3,(H2,16,18). The third kappa shape index (κ3) is 1.97. The lowest BCUT2D eigenvalue weighted by Crippen LogP contribution is -1.97. The van der Waals surface area contributed by atoms with Crippen LogP contribution in [-0.4, -0.2) is 17.3 Å². The lowest BCUT2D eigenvalue weighted by molar-refractivity contribution is 0.415. The minimum atomic E-state index is 0.447. The molecule has 0 radical (unpaired) electrons. The molecule has 19 heavy (non-hydrogen) atoms. The quantitative estimate of drug-likeness (QED) is 0.760. The molecule has 0 fully saturated rings. The lowest BCUT2D eigenvalue weighted by Gasteiger charge is -2.08. The molecular weight excluding hydrogens is 238 g/mol. The van der Waals surface area contributed by atoms with E-state index in [-0.39, 0.29) is 0 Å². The van der Waals surface area contributed by atoms with E-state index in [1.807, 2.05) is 48.5 Å². The smallest absolute Gasteiger partial charge is 0.154 e. The summed E-state index contributed by atoms with van der Waals surface area (Å²) >= 11 is 0. The number of methoxy groups -OCH3 is 1. The molecule has 0 saturated heterocycles. The van der Waals surface area contributed by atoms with E-state index < -0.39 is 0 Å². The first-order valence-electron chi connectivity index (χ1n) is 5.95. The molecular formula is C15H13N3O. The second-order valence-corrected chi connectivity index (χ2v) is 4.21. The molecule has 0 saturated carbocycles. The van der Waals surface area contributed by atoms with Gasteiger partial charge in [-0.15, -0.1) is 10.2 Å². The Hall–Kier alpha value is -2.62. The predicted molar refractivity (Wildman–Crippen MR) is 75.9 cm³/mol. The van der Waals surface area contributed by atoms with Crippen LogP contribution in [0.2, 0.25) is 0 Å². The molecule has 0 aliphatic carbocycles. The number of hydrogen-bond acceptors (Lipinski definition) is 4. The number of nitrogen functional groups attached to an aromatic ring is 1. The van der Waals surface area contributed by atoms with Gasteiger partial charge in [0, 0.05) is 16.3 Å². The van der Waals surface area contributed by atoms with Crippen molar-refractivity contribution in [3.63, 3.8) is 0 Å². The molecule has 1 heterocycles. The Morgan fingerprint density at radius 3 is 2.53 bits per heavy atom. The first-order chi connectivity index (χ1) is 9.29. The number of nitrogens with zero attached hydrogens (tertiary/aromatic N) is 2. The Morgan fingerprint density at radius 2 is 1.74 bits per heavy atom. The second-order valence-electron chi connectivity index (χ2n) is 4.21. The van der Waals surface area contributed by atoms with Crippen LogP contribution in [0.1, 0.15) is 0 Å². The second kappa shape index (κ2) is 4.57. The molecule has 4 heteroatoms. The Balaban J connectivity index is 2.28. The van der Waals surface area contributed by atoms with E-state index >= 15 is 0 Å². The average Bonchev–Trinajstić information content (AvgIpc) is 2.48. The zero-order valence-electron chi connectivity index (χ0n) is 10.5. The molecule has 4 nitrogen and oxygen atoms in total. The molecule has 3 rings (SSSR count). The van der Waals surface area contributed by atoms with Gasteiger partial charge in [-0.2, -0.15) is 0 Å². The van der Waals surface area contributed by atoms with Gasteiger partial charge in [-0.1, -0.05) is 36.4 Å². The van der Waals surface area contributed by atoms with Crippen LogP contribution in [0.5, 0.6) is 5.75 Å². The number of anilines is 1. The number of ether oxygens (including phenoxy) is 1. The minimum Gasteiger partial charge on any atom is -0.497 e. The summed E-state index contributed by atoms with van der Waals surface area (Å²) < 4.78 is 5.24. The zero-order chi connectivity index (χ0) is 13.2. The molecule has 0 aliphatic heterocycles. The van der Waals surface area contributed by atoms with Crippen molar-refractivity contribution in [1.82, 2.24) is 10.2 Å². The van der Waals surface area contributed by atoms with Crippen LogP contribution in [0.3, 0.4) is 0 Å². The maximum absolute atomic E-state index is 5.86. The van der Waals surface area contributed by atoms with Crippen LogP contribution in [0.25, 0.3) is 22.0 Å². The van der Waals surface area contributed by atoms with Crippen LogP contribution in [-0.2, 0) is 0 Å². The largest absolute Gasteiger partial charge is 0.497 e. The van der Waals surface area contributed by atoms with Gasteiger partial charge in [-0.25, -0.2) is 0 Å². The highest BCUT2D eigenvalue weighted by atomic mass is 16.5. The minimum absolute atomic E-state index is 0.447. The topological polar surface area (TPSA) is 61.0 Å². The van der Waals surface area contributed by atoms with Crippen molar-refractivity contribution in [2.24, 2.45) is 0 Å². The van der Waals surface area contributed by atoms with E-state index in [0.29, 0.717) is 5.82 Å². The van der Waals surface area contributed by atoms with E-state index in [4.69, 9.17) is 10.5 Å². The number of benzene rings is 2. The van der Waals surface area contributed by atoms with E-state index in [1.54, 1.807) is 7.11 Å². The van der Waals surface area contributed by atoms with Crippen LogP contribution in [0.15, 0.2) is 48.5 Å². The van der Waals surface area contributed by atoms with Gasteiger partial charge in [0.2, 0.25) is 0 Å². The number of nitrogens with two attached hydrogens (primary N) is 1. The van der Waals surface area contributed by atoms with Crippen molar-refractivity contribution in [1.29, 1.82) is 0 Å². The van der Waals surface area contributed by atoms with E-state index in [2.05, 4.69) is 10.2 Å². The fourth-order valence-electron chi connectivity index (χ4n) is 2.11. The first kappa shape index (κ1) is 11.5. The van der Waals surface area contributed by atoms with Crippen molar-refractivity contribution in [3.05, 3.63) is 48.5 Å². The monoisotopic (exact) mass is 251 g/mol. The summed E-state index contributed by atoms with van der Waals surface area (Å²) in [6, 6.07) is 15.6. The van der Waals surface area contributed by atoms with Crippen molar-refractivity contribution in [3.8, 4) is 17.0 Å². The number of fused-ring (bicyclic) bond motifs is 1. The number of rotatable bonds is 2. The molecule has 2 aromatic carbocycles. The van der Waals surface area contributed by atoms with Gasteiger partial charge < -0.3 is 10.5 Å². The Labute approximate surface area is 110 Å². The lowest BCUT2D eigenvalue weighted by atomic mass is 10.0. The molecule has 0 aliphatic rings. The highest BCUT2D eigenvalue weighted by Crippen LogP contribution is 2.30. The average molecular weight is 251 g/mol. The summed E-state index contributed by atoms with van der Waals surface area (Å²) in [5.74, 6) is 1.24. The molecule has 0 atom stereocenters. The van der Waals surface area contributed by atoms with E-state index in [1.165, 1.54) is 0 Å². The van der Waals surface area contributed by atoms with Gasteiger partial charge >= 0.3 is 0 Å². The Morgan fingerprint density at radius 1 is 0.947 bits per heavy atom. The summed E-state index contributed by atoms with van der Waals surface area (Å²) in [5, 5.41) is 10.1. The normalized spacial score (nSPS) is 10.6.